The molecule has 1 aliphatic carbocycles. The summed E-state index contributed by atoms with van der Waals surface area (Å²) >= 11 is 0. The molecule has 0 aromatic heterocycles. The largest absolute Gasteiger partial charge is 0.311 e. The molecule has 9 aromatic carbocycles. The van der Waals surface area contributed by atoms with E-state index in [0.29, 0.717) is 0 Å². The van der Waals surface area contributed by atoms with E-state index in [9.17, 15) is 0 Å². The Balaban J connectivity index is 1.20. The highest BCUT2D eigenvalue weighted by molar-refractivity contribution is 7.00. The van der Waals surface area contributed by atoms with Gasteiger partial charge in [0.05, 0.1) is 5.69 Å². The summed E-state index contributed by atoms with van der Waals surface area (Å²) in [7, 11) is 0. The number of benzene rings is 9. The van der Waals surface area contributed by atoms with Gasteiger partial charge < -0.3 is 9.80 Å². The van der Waals surface area contributed by atoms with Crippen molar-refractivity contribution in [1.82, 2.24) is 0 Å². The minimum atomic E-state index is -0.256. The zero-order valence-corrected chi connectivity index (χ0v) is 48.5. The van der Waals surface area contributed by atoms with Crippen molar-refractivity contribution >= 4 is 57.2 Å². The lowest BCUT2D eigenvalue weighted by molar-refractivity contribution is 0.332. The Morgan fingerprint density at radius 1 is 0.397 bits per heavy atom. The van der Waals surface area contributed by atoms with Crippen LogP contribution in [0.15, 0.2) is 200 Å². The predicted molar refractivity (Wildman–Crippen MR) is 337 cm³/mol. The number of hydrogen-bond acceptors (Lipinski definition) is 2. The fourth-order valence-electron chi connectivity index (χ4n) is 13.3. The molecule has 12 rings (SSSR count). The average Bonchev–Trinajstić information content (AvgIpc) is 3.48. The van der Waals surface area contributed by atoms with E-state index in [4.69, 9.17) is 0 Å². The van der Waals surface area contributed by atoms with Gasteiger partial charge in [0.25, 0.3) is 6.71 Å². The quantitative estimate of drug-likeness (QED) is 0.133. The molecule has 0 saturated carbocycles. The van der Waals surface area contributed by atoms with Crippen molar-refractivity contribution in [1.29, 1.82) is 0 Å². The molecule has 3 aliphatic rings. The van der Waals surface area contributed by atoms with E-state index in [1.54, 1.807) is 0 Å². The average molecular weight is 1020 g/mol. The van der Waals surface area contributed by atoms with Gasteiger partial charge in [0.1, 0.15) is 0 Å². The molecule has 2 aliphatic heterocycles. The van der Waals surface area contributed by atoms with Crippen molar-refractivity contribution in [2.45, 2.75) is 136 Å². The Kier molecular flexibility index (Phi) is 12.3. The molecule has 0 amide bonds. The van der Waals surface area contributed by atoms with Crippen LogP contribution in [0.3, 0.4) is 0 Å². The molecule has 0 saturated heterocycles. The SMILES string of the molecule is CC(C)c1cc2c3c(c1)N(c1ccc(C(C)(C)C)cc1-c1cccc(-c4ccccc4)c1)c1cc4c(cc1B3c1ccc(C(C)(C)c3ccccc3)cc1N2c1cccc(C(C)(C)c2ccccc2)c1)C(C)(C)CCC4(C)C. The minimum absolute atomic E-state index is 0.00253. The molecular formula is C75H77BN2. The van der Waals surface area contributed by atoms with Gasteiger partial charge in [-0.15, -0.1) is 0 Å². The standard InChI is InChI=1S/C75H77BN2/c1-49(2)53-42-68-70-69(43-53)78(65-38-36-56(71(3,4)5)45-60(65)52-28-23-27-51(41-52)50-25-17-14-18-26-50)67-48-62-61(72(6,7)39-40-73(62,8)9)47-64(67)76(70)63-37-35-58(75(12,13)55-31-21-16-22-32-55)46-66(63)77(68)59-34-24-33-57(44-59)74(10,11)54-29-19-15-20-30-54/h14-38,41-49H,39-40H2,1-13H3. The summed E-state index contributed by atoms with van der Waals surface area (Å²) in [5.74, 6) is 0.261. The molecule has 9 aromatic rings. The number of fused-ring (bicyclic) bond motifs is 5. The Bertz CT molecular complexity index is 3760. The van der Waals surface area contributed by atoms with Gasteiger partial charge in [-0.1, -0.05) is 236 Å². The van der Waals surface area contributed by atoms with E-state index in [-0.39, 0.29) is 39.7 Å². The molecule has 78 heavy (non-hydrogen) atoms. The van der Waals surface area contributed by atoms with Crippen LogP contribution in [-0.4, -0.2) is 6.71 Å². The molecule has 2 nitrogen and oxygen atoms in total. The molecule has 0 fully saturated rings. The molecule has 390 valence electrons. The molecule has 0 bridgehead atoms. The van der Waals surface area contributed by atoms with Crippen molar-refractivity contribution in [3.05, 3.63) is 245 Å². The summed E-state index contributed by atoms with van der Waals surface area (Å²) in [5, 5.41) is 0. The first kappa shape index (κ1) is 51.4. The lowest BCUT2D eigenvalue weighted by Gasteiger charge is -2.48. The van der Waals surface area contributed by atoms with Crippen LogP contribution >= 0.6 is 0 Å². The fourth-order valence-corrected chi connectivity index (χ4v) is 13.3. The Hall–Kier alpha value is -7.36. The van der Waals surface area contributed by atoms with Gasteiger partial charge in [-0.3, -0.25) is 0 Å². The molecule has 2 heterocycles. The summed E-state index contributed by atoms with van der Waals surface area (Å²) in [5.41, 5.74) is 26.6. The van der Waals surface area contributed by atoms with Crippen molar-refractivity contribution in [3.63, 3.8) is 0 Å². The molecule has 3 heteroatoms. The lowest BCUT2D eigenvalue weighted by Crippen LogP contribution is -2.62. The molecular weight excluding hydrogens is 940 g/mol. The van der Waals surface area contributed by atoms with E-state index in [1.807, 2.05) is 0 Å². The maximum atomic E-state index is 2.72. The summed E-state index contributed by atoms with van der Waals surface area (Å²) in [6, 6.07) is 77.1. The first-order valence-electron chi connectivity index (χ1n) is 28.8. The third kappa shape index (κ3) is 8.55. The van der Waals surface area contributed by atoms with Crippen LogP contribution in [0.2, 0.25) is 0 Å². The Morgan fingerprint density at radius 3 is 1.53 bits per heavy atom. The van der Waals surface area contributed by atoms with E-state index in [2.05, 4.69) is 300 Å². The van der Waals surface area contributed by atoms with Crippen LogP contribution in [0.25, 0.3) is 22.3 Å². The monoisotopic (exact) mass is 1020 g/mol. The second-order valence-corrected chi connectivity index (χ2v) is 26.7. The van der Waals surface area contributed by atoms with Crippen molar-refractivity contribution < 1.29 is 0 Å². The number of hydrogen-bond donors (Lipinski definition) is 0. The van der Waals surface area contributed by atoms with Crippen LogP contribution in [0.4, 0.5) is 34.1 Å². The third-order valence-corrected chi connectivity index (χ3v) is 18.7. The van der Waals surface area contributed by atoms with E-state index in [1.165, 1.54) is 117 Å². The normalized spacial score (nSPS) is 15.4. The van der Waals surface area contributed by atoms with Gasteiger partial charge in [0.15, 0.2) is 0 Å². The molecule has 0 atom stereocenters. The smallest absolute Gasteiger partial charge is 0.252 e. The van der Waals surface area contributed by atoms with E-state index >= 15 is 0 Å². The highest BCUT2D eigenvalue weighted by Crippen LogP contribution is 2.53. The van der Waals surface area contributed by atoms with Crippen LogP contribution in [0.1, 0.15) is 153 Å². The van der Waals surface area contributed by atoms with Crippen molar-refractivity contribution in [2.24, 2.45) is 0 Å². The zero-order chi connectivity index (χ0) is 54.7. The van der Waals surface area contributed by atoms with Gasteiger partial charge in [0, 0.05) is 44.8 Å². The third-order valence-electron chi connectivity index (χ3n) is 18.7. The second kappa shape index (κ2) is 18.7. The van der Waals surface area contributed by atoms with Gasteiger partial charge in [0.2, 0.25) is 0 Å². The van der Waals surface area contributed by atoms with Crippen LogP contribution < -0.4 is 26.2 Å². The maximum absolute atomic E-state index is 2.72. The van der Waals surface area contributed by atoms with Crippen molar-refractivity contribution in [3.8, 4) is 22.3 Å². The van der Waals surface area contributed by atoms with Crippen LogP contribution in [-0.2, 0) is 27.1 Å². The molecule has 0 radical (unpaired) electrons. The second-order valence-electron chi connectivity index (χ2n) is 26.7. The van der Waals surface area contributed by atoms with E-state index < -0.39 is 0 Å². The minimum Gasteiger partial charge on any atom is -0.311 e. The van der Waals surface area contributed by atoms with Gasteiger partial charge in [-0.05, 0) is 167 Å². The summed E-state index contributed by atoms with van der Waals surface area (Å²) in [4.78, 5) is 5.38. The maximum Gasteiger partial charge on any atom is 0.252 e. The van der Waals surface area contributed by atoms with Gasteiger partial charge in [-0.25, -0.2) is 0 Å². The number of nitrogens with zero attached hydrogens (tertiary/aromatic N) is 2. The first-order valence-corrected chi connectivity index (χ1v) is 28.8. The van der Waals surface area contributed by atoms with E-state index in [0.717, 1.165) is 12.8 Å². The Labute approximate surface area is 467 Å². The van der Waals surface area contributed by atoms with Crippen LogP contribution in [0.5, 0.6) is 0 Å². The predicted octanol–water partition coefficient (Wildman–Crippen LogP) is 18.5. The molecule has 0 N–H and O–H groups in total. The zero-order valence-electron chi connectivity index (χ0n) is 48.5. The summed E-state index contributed by atoms with van der Waals surface area (Å²) in [6.45, 7) is 31.2. The van der Waals surface area contributed by atoms with Gasteiger partial charge >= 0.3 is 0 Å². The highest BCUT2D eigenvalue weighted by atomic mass is 15.2. The molecule has 0 unspecified atom stereocenters. The Morgan fingerprint density at radius 2 is 0.910 bits per heavy atom. The fraction of sp³-hybridized carbons (Fsp3) is 0.280. The summed E-state index contributed by atoms with van der Waals surface area (Å²) < 4.78 is 0. The summed E-state index contributed by atoms with van der Waals surface area (Å²) in [6.07, 6.45) is 2.29. The highest BCUT2D eigenvalue weighted by Gasteiger charge is 2.47. The van der Waals surface area contributed by atoms with Gasteiger partial charge in [-0.2, -0.15) is 0 Å². The number of anilines is 6. The molecule has 0 spiro atoms. The first-order chi connectivity index (χ1) is 37.1. The topological polar surface area (TPSA) is 6.48 Å². The van der Waals surface area contributed by atoms with Crippen molar-refractivity contribution in [2.75, 3.05) is 9.80 Å². The number of rotatable bonds is 9. The van der Waals surface area contributed by atoms with Crippen LogP contribution in [0, 0.1) is 0 Å². The lowest BCUT2D eigenvalue weighted by atomic mass is 9.33.